The Morgan fingerprint density at radius 2 is 1.86 bits per heavy atom. The Morgan fingerprint density at radius 3 is 2.49 bits per heavy atom. The highest BCUT2D eigenvalue weighted by Gasteiger charge is 2.45. The third-order valence-electron chi connectivity index (χ3n) is 5.91. The van der Waals surface area contributed by atoms with Crippen molar-refractivity contribution >= 4 is 17.4 Å². The number of rotatable bonds is 9. The number of aliphatic hydroxyl groups excluding tert-OH is 1. The number of aliphatic hydroxyl groups is 1. The molecule has 35 heavy (non-hydrogen) atoms. The maximum Gasteiger partial charge on any atom is 0.295 e. The normalized spacial score (nSPS) is 17.5. The van der Waals surface area contributed by atoms with Crippen LogP contribution in [0.5, 0.6) is 11.5 Å². The third kappa shape index (κ3) is 5.42. The van der Waals surface area contributed by atoms with Crippen LogP contribution in [0, 0.1) is 0 Å². The number of benzene rings is 2. The molecule has 0 radical (unpaired) electrons. The average Bonchev–Trinajstić information content (AvgIpc) is 3.07. The molecule has 1 aliphatic rings. The number of carbonyl (C=O) groups is 2. The molecule has 0 aromatic heterocycles. The SMILES string of the molecule is C=CCOc1cccc(C2/C(=C(\O)c3ccc(OCC)c(C(C)(C)C)c3)C(=O)C(=O)N2CCC)c1. The van der Waals surface area contributed by atoms with Gasteiger partial charge in [-0.25, -0.2) is 0 Å². The second kappa shape index (κ2) is 10.8. The van der Waals surface area contributed by atoms with E-state index >= 15 is 0 Å². The van der Waals surface area contributed by atoms with E-state index in [1.165, 1.54) is 4.90 Å². The molecule has 1 saturated heterocycles. The second-order valence-corrected chi connectivity index (χ2v) is 9.56. The van der Waals surface area contributed by atoms with Crippen molar-refractivity contribution in [3.05, 3.63) is 77.4 Å². The molecule has 1 amide bonds. The minimum Gasteiger partial charge on any atom is -0.507 e. The van der Waals surface area contributed by atoms with Gasteiger partial charge in [0.1, 0.15) is 23.9 Å². The predicted molar refractivity (Wildman–Crippen MR) is 138 cm³/mol. The summed E-state index contributed by atoms with van der Waals surface area (Å²) in [7, 11) is 0. The molecule has 1 heterocycles. The van der Waals surface area contributed by atoms with Crippen molar-refractivity contribution in [2.75, 3.05) is 19.8 Å². The van der Waals surface area contributed by atoms with Crippen molar-refractivity contribution in [2.45, 2.75) is 52.5 Å². The summed E-state index contributed by atoms with van der Waals surface area (Å²) in [4.78, 5) is 27.8. The molecule has 0 aliphatic carbocycles. The summed E-state index contributed by atoms with van der Waals surface area (Å²) >= 11 is 0. The van der Waals surface area contributed by atoms with Gasteiger partial charge in [0.25, 0.3) is 11.7 Å². The second-order valence-electron chi connectivity index (χ2n) is 9.56. The van der Waals surface area contributed by atoms with Gasteiger partial charge in [-0.3, -0.25) is 9.59 Å². The van der Waals surface area contributed by atoms with E-state index in [1.807, 2.05) is 32.0 Å². The molecule has 0 bridgehead atoms. The van der Waals surface area contributed by atoms with Crippen LogP contribution in [0.3, 0.4) is 0 Å². The standard InChI is InChI=1S/C29H35NO5/c1-7-15-30-25(19-11-10-12-21(17-19)35-16-8-2)24(27(32)28(30)33)26(31)20-13-14-23(34-9-3)22(18-20)29(4,5)6/h8,10-14,17-18,25,31H,2,7,9,15-16H2,1,3-6H3/b26-24+. The molecular weight excluding hydrogens is 442 g/mol. The third-order valence-corrected chi connectivity index (χ3v) is 5.91. The van der Waals surface area contributed by atoms with Gasteiger partial charge in [-0.15, -0.1) is 0 Å². The maximum atomic E-state index is 13.2. The Kier molecular flexibility index (Phi) is 8.05. The van der Waals surface area contributed by atoms with Crippen molar-refractivity contribution in [1.82, 2.24) is 4.90 Å². The Hall–Kier alpha value is -3.54. The van der Waals surface area contributed by atoms with Gasteiger partial charge in [-0.2, -0.15) is 0 Å². The number of hydrogen-bond acceptors (Lipinski definition) is 5. The number of nitrogens with zero attached hydrogens (tertiary/aromatic N) is 1. The van der Waals surface area contributed by atoms with E-state index in [9.17, 15) is 14.7 Å². The molecule has 0 spiro atoms. The van der Waals surface area contributed by atoms with Crippen LogP contribution in [-0.4, -0.2) is 41.5 Å². The van der Waals surface area contributed by atoms with Crippen molar-refractivity contribution in [1.29, 1.82) is 0 Å². The van der Waals surface area contributed by atoms with E-state index in [4.69, 9.17) is 9.47 Å². The molecular formula is C29H35NO5. The van der Waals surface area contributed by atoms with Crippen LogP contribution < -0.4 is 9.47 Å². The van der Waals surface area contributed by atoms with E-state index < -0.39 is 17.7 Å². The summed E-state index contributed by atoms with van der Waals surface area (Å²) in [5.41, 5.74) is 1.89. The van der Waals surface area contributed by atoms with E-state index in [-0.39, 0.29) is 16.7 Å². The summed E-state index contributed by atoms with van der Waals surface area (Å²) in [5.74, 6) is -0.174. The fraction of sp³-hybridized carbons (Fsp3) is 0.379. The Morgan fingerprint density at radius 1 is 1.11 bits per heavy atom. The molecule has 1 N–H and O–H groups in total. The predicted octanol–water partition coefficient (Wildman–Crippen LogP) is 5.78. The molecule has 1 aliphatic heterocycles. The molecule has 2 aromatic rings. The van der Waals surface area contributed by atoms with Gasteiger partial charge in [0.2, 0.25) is 0 Å². The fourth-order valence-electron chi connectivity index (χ4n) is 4.33. The minimum absolute atomic E-state index is 0.0772. The molecule has 2 aromatic carbocycles. The van der Waals surface area contributed by atoms with Gasteiger partial charge in [0.05, 0.1) is 18.2 Å². The smallest absolute Gasteiger partial charge is 0.295 e. The molecule has 3 rings (SSSR count). The summed E-state index contributed by atoms with van der Waals surface area (Å²) in [5, 5.41) is 11.4. The van der Waals surface area contributed by atoms with Gasteiger partial charge >= 0.3 is 0 Å². The van der Waals surface area contributed by atoms with Crippen LogP contribution in [0.4, 0.5) is 0 Å². The lowest BCUT2D eigenvalue weighted by atomic mass is 9.84. The van der Waals surface area contributed by atoms with Gasteiger partial charge < -0.3 is 19.5 Å². The zero-order valence-corrected chi connectivity index (χ0v) is 21.3. The first-order valence-corrected chi connectivity index (χ1v) is 12.0. The zero-order chi connectivity index (χ0) is 25.8. The topological polar surface area (TPSA) is 76.1 Å². The first-order chi connectivity index (χ1) is 16.6. The van der Waals surface area contributed by atoms with Crippen LogP contribution >= 0.6 is 0 Å². The molecule has 6 heteroatoms. The number of amides is 1. The first kappa shape index (κ1) is 26.1. The molecule has 1 unspecified atom stereocenters. The molecule has 186 valence electrons. The molecule has 0 saturated carbocycles. The van der Waals surface area contributed by atoms with Crippen LogP contribution in [-0.2, 0) is 15.0 Å². The highest BCUT2D eigenvalue weighted by Crippen LogP contribution is 2.41. The molecule has 1 atom stereocenters. The fourth-order valence-corrected chi connectivity index (χ4v) is 4.33. The highest BCUT2D eigenvalue weighted by atomic mass is 16.5. The minimum atomic E-state index is -0.716. The molecule has 6 nitrogen and oxygen atoms in total. The number of carbonyl (C=O) groups excluding carboxylic acids is 2. The van der Waals surface area contributed by atoms with Crippen molar-refractivity contribution in [3.63, 3.8) is 0 Å². The highest BCUT2D eigenvalue weighted by molar-refractivity contribution is 6.46. The number of Topliss-reactive ketones (excluding diaryl/α,β-unsaturated/α-hetero) is 1. The number of ether oxygens (including phenoxy) is 2. The van der Waals surface area contributed by atoms with E-state index in [0.717, 1.165) is 11.3 Å². The number of hydrogen-bond donors (Lipinski definition) is 1. The monoisotopic (exact) mass is 477 g/mol. The Balaban J connectivity index is 2.19. The molecule has 1 fully saturated rings. The Labute approximate surface area is 207 Å². The summed E-state index contributed by atoms with van der Waals surface area (Å²) in [6.07, 6.45) is 2.32. The summed E-state index contributed by atoms with van der Waals surface area (Å²) in [6.45, 7) is 15.0. The summed E-state index contributed by atoms with van der Waals surface area (Å²) < 4.78 is 11.5. The average molecular weight is 478 g/mol. The van der Waals surface area contributed by atoms with Crippen LogP contribution in [0.1, 0.15) is 63.8 Å². The van der Waals surface area contributed by atoms with E-state index in [0.29, 0.717) is 43.1 Å². The zero-order valence-electron chi connectivity index (χ0n) is 21.3. The number of likely N-dealkylation sites (tertiary alicyclic amines) is 1. The lowest BCUT2D eigenvalue weighted by Gasteiger charge is -2.26. The van der Waals surface area contributed by atoms with E-state index in [1.54, 1.807) is 30.3 Å². The Bertz CT molecular complexity index is 1140. The van der Waals surface area contributed by atoms with Crippen molar-refractivity contribution < 1.29 is 24.2 Å². The van der Waals surface area contributed by atoms with Gasteiger partial charge in [-0.05, 0) is 54.7 Å². The van der Waals surface area contributed by atoms with Crippen LogP contribution in [0.15, 0.2) is 60.7 Å². The van der Waals surface area contributed by atoms with Crippen molar-refractivity contribution in [2.24, 2.45) is 0 Å². The first-order valence-electron chi connectivity index (χ1n) is 12.0. The van der Waals surface area contributed by atoms with Crippen LogP contribution in [0.25, 0.3) is 5.76 Å². The van der Waals surface area contributed by atoms with Crippen LogP contribution in [0.2, 0.25) is 0 Å². The lowest BCUT2D eigenvalue weighted by molar-refractivity contribution is -0.139. The van der Waals surface area contributed by atoms with Gasteiger partial charge in [0.15, 0.2) is 0 Å². The summed E-state index contributed by atoms with van der Waals surface area (Å²) in [6, 6.07) is 11.9. The van der Waals surface area contributed by atoms with Crippen molar-refractivity contribution in [3.8, 4) is 11.5 Å². The van der Waals surface area contributed by atoms with Gasteiger partial charge in [-0.1, -0.05) is 52.5 Å². The maximum absolute atomic E-state index is 13.2. The lowest BCUT2D eigenvalue weighted by Crippen LogP contribution is -2.30. The van der Waals surface area contributed by atoms with E-state index in [2.05, 4.69) is 27.4 Å². The quantitative estimate of drug-likeness (QED) is 0.214. The van der Waals surface area contributed by atoms with Gasteiger partial charge in [0, 0.05) is 17.7 Å². The number of ketones is 1. The largest absolute Gasteiger partial charge is 0.507 e.